The van der Waals surface area contributed by atoms with Crippen molar-refractivity contribution in [3.63, 3.8) is 0 Å². The summed E-state index contributed by atoms with van der Waals surface area (Å²) >= 11 is 12.0. The second kappa shape index (κ2) is 7.55. The molecular weight excluding hydrogens is 347 g/mol. The smallest absolute Gasteiger partial charge is 0.276 e. The lowest BCUT2D eigenvalue weighted by Crippen LogP contribution is -2.48. The quantitative estimate of drug-likeness (QED) is 0.834. The Morgan fingerprint density at radius 2 is 1.79 bits per heavy atom. The van der Waals surface area contributed by atoms with E-state index in [0.29, 0.717) is 30.4 Å². The molecule has 0 saturated carbocycles. The van der Waals surface area contributed by atoms with Crippen molar-refractivity contribution < 1.29 is 4.79 Å². The fourth-order valence-electron chi connectivity index (χ4n) is 2.81. The Hall–Kier alpha value is -1.56. The van der Waals surface area contributed by atoms with Crippen LogP contribution >= 0.6 is 23.2 Å². The minimum Gasteiger partial charge on any atom is -0.335 e. The van der Waals surface area contributed by atoms with Crippen LogP contribution in [0.25, 0.3) is 0 Å². The van der Waals surface area contributed by atoms with Gasteiger partial charge in [-0.05, 0) is 24.6 Å². The SMILES string of the molecule is CCn1cc(Cl)c(C(=O)N2CCN(Cc3ccc(Cl)cc3)CC2)n1. The number of aromatic nitrogens is 2. The number of halogens is 2. The third-order valence-corrected chi connectivity index (χ3v) is 4.75. The largest absolute Gasteiger partial charge is 0.335 e. The lowest BCUT2D eigenvalue weighted by atomic mass is 10.2. The molecule has 0 bridgehead atoms. The first-order chi connectivity index (χ1) is 11.6. The van der Waals surface area contributed by atoms with E-state index in [-0.39, 0.29) is 5.91 Å². The molecular formula is C17H20Cl2N4O. The van der Waals surface area contributed by atoms with Crippen molar-refractivity contribution in [2.75, 3.05) is 26.2 Å². The highest BCUT2D eigenvalue weighted by Gasteiger charge is 2.25. The first-order valence-electron chi connectivity index (χ1n) is 8.06. The van der Waals surface area contributed by atoms with Gasteiger partial charge in [0.05, 0.1) is 5.02 Å². The van der Waals surface area contributed by atoms with Gasteiger partial charge in [0.2, 0.25) is 0 Å². The van der Waals surface area contributed by atoms with Crippen molar-refractivity contribution in [1.29, 1.82) is 0 Å². The third kappa shape index (κ3) is 3.91. The van der Waals surface area contributed by atoms with Crippen LogP contribution in [0.4, 0.5) is 0 Å². The molecule has 0 radical (unpaired) electrons. The molecule has 1 aromatic heterocycles. The van der Waals surface area contributed by atoms with E-state index in [1.54, 1.807) is 10.9 Å². The highest BCUT2D eigenvalue weighted by Crippen LogP contribution is 2.18. The topological polar surface area (TPSA) is 41.4 Å². The van der Waals surface area contributed by atoms with E-state index in [4.69, 9.17) is 23.2 Å². The predicted octanol–water partition coefficient (Wildman–Crippen LogP) is 3.17. The number of carbonyl (C=O) groups excluding carboxylic acids is 1. The summed E-state index contributed by atoms with van der Waals surface area (Å²) in [5, 5.41) is 5.44. The Labute approximate surface area is 151 Å². The molecule has 1 amide bonds. The number of amides is 1. The molecule has 24 heavy (non-hydrogen) atoms. The summed E-state index contributed by atoms with van der Waals surface area (Å²) < 4.78 is 1.69. The molecule has 1 aromatic carbocycles. The number of hydrogen-bond acceptors (Lipinski definition) is 3. The van der Waals surface area contributed by atoms with Gasteiger partial charge in [0.25, 0.3) is 5.91 Å². The third-order valence-electron chi connectivity index (χ3n) is 4.22. The Morgan fingerprint density at radius 1 is 1.12 bits per heavy atom. The van der Waals surface area contributed by atoms with Crippen LogP contribution in [0.2, 0.25) is 10.0 Å². The highest BCUT2D eigenvalue weighted by molar-refractivity contribution is 6.33. The van der Waals surface area contributed by atoms with E-state index in [2.05, 4.69) is 10.00 Å². The zero-order valence-electron chi connectivity index (χ0n) is 13.6. The van der Waals surface area contributed by atoms with Crippen molar-refractivity contribution >= 4 is 29.1 Å². The van der Waals surface area contributed by atoms with E-state index >= 15 is 0 Å². The van der Waals surface area contributed by atoms with Crippen molar-refractivity contribution in [1.82, 2.24) is 19.6 Å². The Kier molecular flexibility index (Phi) is 5.43. The second-order valence-electron chi connectivity index (χ2n) is 5.88. The number of hydrogen-bond donors (Lipinski definition) is 0. The van der Waals surface area contributed by atoms with Crippen molar-refractivity contribution in [2.45, 2.75) is 20.0 Å². The first-order valence-corrected chi connectivity index (χ1v) is 8.81. The zero-order chi connectivity index (χ0) is 17.1. The molecule has 1 fully saturated rings. The standard InChI is InChI=1S/C17H20Cl2N4O/c1-2-23-12-15(19)16(20-23)17(24)22-9-7-21(8-10-22)11-13-3-5-14(18)6-4-13/h3-6,12H,2,7-11H2,1H3. The molecule has 2 heterocycles. The van der Waals surface area contributed by atoms with Crippen molar-refractivity contribution in [2.24, 2.45) is 0 Å². The fraction of sp³-hybridized carbons (Fsp3) is 0.412. The second-order valence-corrected chi connectivity index (χ2v) is 6.72. The van der Waals surface area contributed by atoms with Gasteiger partial charge in [-0.2, -0.15) is 5.10 Å². The zero-order valence-corrected chi connectivity index (χ0v) is 15.1. The molecule has 0 N–H and O–H groups in total. The number of piperazine rings is 1. The molecule has 7 heteroatoms. The molecule has 0 aliphatic carbocycles. The van der Waals surface area contributed by atoms with Crippen LogP contribution in [-0.2, 0) is 13.1 Å². The summed E-state index contributed by atoms with van der Waals surface area (Å²) in [7, 11) is 0. The summed E-state index contributed by atoms with van der Waals surface area (Å²) in [5.74, 6) is -0.0849. The normalized spacial score (nSPS) is 15.7. The fourth-order valence-corrected chi connectivity index (χ4v) is 3.17. The molecule has 3 rings (SSSR count). The Balaban J connectivity index is 1.57. The summed E-state index contributed by atoms with van der Waals surface area (Å²) in [6, 6.07) is 7.89. The van der Waals surface area contributed by atoms with Crippen LogP contribution in [0.15, 0.2) is 30.5 Å². The predicted molar refractivity (Wildman–Crippen MR) is 95.5 cm³/mol. The van der Waals surface area contributed by atoms with E-state index in [0.717, 1.165) is 24.7 Å². The first kappa shape index (κ1) is 17.3. The molecule has 0 atom stereocenters. The summed E-state index contributed by atoms with van der Waals surface area (Å²) in [6.45, 7) is 6.56. The number of benzene rings is 1. The van der Waals surface area contributed by atoms with Crippen molar-refractivity contribution in [3.8, 4) is 0 Å². The molecule has 5 nitrogen and oxygen atoms in total. The molecule has 1 saturated heterocycles. The van der Waals surface area contributed by atoms with Gasteiger partial charge in [0, 0.05) is 50.5 Å². The summed E-state index contributed by atoms with van der Waals surface area (Å²) in [5.41, 5.74) is 1.58. The van der Waals surface area contributed by atoms with Gasteiger partial charge in [-0.25, -0.2) is 0 Å². The highest BCUT2D eigenvalue weighted by atomic mass is 35.5. The lowest BCUT2D eigenvalue weighted by molar-refractivity contribution is 0.0622. The maximum Gasteiger partial charge on any atom is 0.276 e. The molecule has 128 valence electrons. The van der Waals surface area contributed by atoms with E-state index in [1.165, 1.54) is 5.56 Å². The Morgan fingerprint density at radius 3 is 2.38 bits per heavy atom. The molecule has 2 aromatic rings. The molecule has 1 aliphatic rings. The van der Waals surface area contributed by atoms with Crippen LogP contribution in [-0.4, -0.2) is 51.7 Å². The summed E-state index contributed by atoms with van der Waals surface area (Å²) in [6.07, 6.45) is 1.70. The van der Waals surface area contributed by atoms with Crippen LogP contribution in [0, 0.1) is 0 Å². The van der Waals surface area contributed by atoms with Crippen LogP contribution < -0.4 is 0 Å². The van der Waals surface area contributed by atoms with Crippen LogP contribution in [0.5, 0.6) is 0 Å². The van der Waals surface area contributed by atoms with E-state index in [1.807, 2.05) is 36.1 Å². The van der Waals surface area contributed by atoms with E-state index < -0.39 is 0 Å². The minimum atomic E-state index is -0.0849. The van der Waals surface area contributed by atoms with Gasteiger partial charge in [0.1, 0.15) is 0 Å². The number of nitrogens with zero attached hydrogens (tertiary/aromatic N) is 4. The van der Waals surface area contributed by atoms with Crippen molar-refractivity contribution in [3.05, 3.63) is 51.8 Å². The number of aryl methyl sites for hydroxylation is 1. The van der Waals surface area contributed by atoms with Gasteiger partial charge >= 0.3 is 0 Å². The van der Waals surface area contributed by atoms with Gasteiger partial charge in [-0.1, -0.05) is 35.3 Å². The molecule has 0 unspecified atom stereocenters. The van der Waals surface area contributed by atoms with Gasteiger partial charge in [-0.3, -0.25) is 14.4 Å². The maximum absolute atomic E-state index is 12.6. The summed E-state index contributed by atoms with van der Waals surface area (Å²) in [4.78, 5) is 16.7. The van der Waals surface area contributed by atoms with Gasteiger partial charge in [0.15, 0.2) is 5.69 Å². The average molecular weight is 367 g/mol. The monoisotopic (exact) mass is 366 g/mol. The number of carbonyl (C=O) groups is 1. The van der Waals surface area contributed by atoms with Gasteiger partial charge < -0.3 is 4.90 Å². The number of rotatable bonds is 4. The van der Waals surface area contributed by atoms with Crippen LogP contribution in [0.3, 0.4) is 0 Å². The molecule has 1 aliphatic heterocycles. The van der Waals surface area contributed by atoms with E-state index in [9.17, 15) is 4.79 Å². The Bertz CT molecular complexity index is 706. The van der Waals surface area contributed by atoms with Gasteiger partial charge in [-0.15, -0.1) is 0 Å². The minimum absolute atomic E-state index is 0.0849. The average Bonchev–Trinajstić information content (AvgIpc) is 2.98. The lowest BCUT2D eigenvalue weighted by Gasteiger charge is -2.34. The maximum atomic E-state index is 12.6. The van der Waals surface area contributed by atoms with Crippen LogP contribution in [0.1, 0.15) is 23.0 Å². The molecule has 0 spiro atoms.